The molecule has 0 unspecified atom stereocenters. The minimum Gasteiger partial charge on any atom is -0.480 e. The zero-order valence-electron chi connectivity index (χ0n) is 15.9. The Labute approximate surface area is 158 Å². The maximum absolute atomic E-state index is 12.3. The first-order chi connectivity index (χ1) is 13.0. The van der Waals surface area contributed by atoms with E-state index in [1.165, 1.54) is 0 Å². The Hall–Kier alpha value is -2.03. The Kier molecular flexibility index (Phi) is 4.88. The zero-order valence-corrected chi connectivity index (χ0v) is 15.9. The van der Waals surface area contributed by atoms with E-state index in [-0.39, 0.29) is 11.3 Å². The van der Waals surface area contributed by atoms with E-state index in [4.69, 9.17) is 0 Å². The van der Waals surface area contributed by atoms with Crippen LogP contribution in [0.1, 0.15) is 44.3 Å². The molecule has 0 aromatic carbocycles. The molecule has 9 nitrogen and oxygen atoms in total. The number of nitrogens with zero attached hydrogens (tertiary/aromatic N) is 6. The molecular formula is C18H28N6O3. The SMILES string of the molecule is Cc1nnnn1CCCN1CC2(CCN(C(=O)C3CC3)CC2)C[C@H]1C(=O)O. The van der Waals surface area contributed by atoms with Crippen LogP contribution in [0.25, 0.3) is 0 Å². The maximum Gasteiger partial charge on any atom is 0.320 e. The summed E-state index contributed by atoms with van der Waals surface area (Å²) in [5, 5.41) is 21.2. The fourth-order valence-corrected chi connectivity index (χ4v) is 4.65. The lowest BCUT2D eigenvalue weighted by molar-refractivity contribution is -0.142. The number of hydrogen-bond donors (Lipinski definition) is 1. The third-order valence-corrected chi connectivity index (χ3v) is 6.48. The van der Waals surface area contributed by atoms with Gasteiger partial charge < -0.3 is 10.0 Å². The summed E-state index contributed by atoms with van der Waals surface area (Å²) in [5.41, 5.74) is 0.0358. The van der Waals surface area contributed by atoms with Gasteiger partial charge in [0.05, 0.1) is 0 Å². The van der Waals surface area contributed by atoms with Crippen molar-refractivity contribution in [3.8, 4) is 0 Å². The summed E-state index contributed by atoms with van der Waals surface area (Å²) in [6.45, 7) is 5.64. The highest BCUT2D eigenvalue weighted by Crippen LogP contribution is 2.44. The average molecular weight is 376 g/mol. The molecule has 3 aliphatic rings. The number of aryl methyl sites for hydroxylation is 2. The van der Waals surface area contributed by atoms with E-state index in [0.717, 1.165) is 64.1 Å². The van der Waals surface area contributed by atoms with Crippen LogP contribution in [0.5, 0.6) is 0 Å². The number of rotatable bonds is 6. The van der Waals surface area contributed by atoms with Gasteiger partial charge in [0.25, 0.3) is 0 Å². The lowest BCUT2D eigenvalue weighted by Crippen LogP contribution is -2.44. The molecule has 148 valence electrons. The summed E-state index contributed by atoms with van der Waals surface area (Å²) in [5.74, 6) is 0.615. The number of carboxylic acids is 1. The molecule has 1 amide bonds. The average Bonchev–Trinajstić information content (AvgIpc) is 3.33. The molecule has 3 fully saturated rings. The van der Waals surface area contributed by atoms with Crippen LogP contribution in [0.3, 0.4) is 0 Å². The third kappa shape index (κ3) is 3.83. The Bertz CT molecular complexity index is 708. The molecule has 1 atom stereocenters. The van der Waals surface area contributed by atoms with Gasteiger partial charge in [-0.15, -0.1) is 5.10 Å². The van der Waals surface area contributed by atoms with Crippen molar-refractivity contribution in [2.45, 2.75) is 58.0 Å². The highest BCUT2D eigenvalue weighted by atomic mass is 16.4. The highest BCUT2D eigenvalue weighted by Gasteiger charge is 2.48. The van der Waals surface area contributed by atoms with E-state index in [9.17, 15) is 14.7 Å². The molecule has 9 heteroatoms. The number of carbonyl (C=O) groups is 2. The van der Waals surface area contributed by atoms with Crippen LogP contribution in [-0.4, -0.2) is 79.2 Å². The van der Waals surface area contributed by atoms with Gasteiger partial charge in [0.15, 0.2) is 0 Å². The second kappa shape index (κ2) is 7.18. The Balaban J connectivity index is 1.33. The molecule has 2 saturated heterocycles. The van der Waals surface area contributed by atoms with Crippen LogP contribution in [0.15, 0.2) is 0 Å². The van der Waals surface area contributed by atoms with Gasteiger partial charge in [0.2, 0.25) is 5.91 Å². The lowest BCUT2D eigenvalue weighted by Gasteiger charge is -2.39. The molecule has 0 radical (unpaired) electrons. The Morgan fingerprint density at radius 2 is 1.96 bits per heavy atom. The number of hydrogen-bond acceptors (Lipinski definition) is 6. The first kappa shape index (κ1) is 18.3. The number of carbonyl (C=O) groups excluding carboxylic acids is 1. The summed E-state index contributed by atoms with van der Waals surface area (Å²) >= 11 is 0. The predicted molar refractivity (Wildman–Crippen MR) is 95.8 cm³/mol. The van der Waals surface area contributed by atoms with Crippen molar-refractivity contribution in [2.24, 2.45) is 11.3 Å². The molecule has 1 aliphatic carbocycles. The minimum absolute atomic E-state index is 0.0358. The van der Waals surface area contributed by atoms with Crippen LogP contribution in [0.4, 0.5) is 0 Å². The van der Waals surface area contributed by atoms with Gasteiger partial charge in [-0.2, -0.15) is 0 Å². The number of tetrazole rings is 1. The van der Waals surface area contributed by atoms with Crippen molar-refractivity contribution in [1.29, 1.82) is 0 Å². The third-order valence-electron chi connectivity index (χ3n) is 6.48. The predicted octanol–water partition coefficient (Wildman–Crippen LogP) is 0.549. The van der Waals surface area contributed by atoms with Crippen LogP contribution in [-0.2, 0) is 16.1 Å². The van der Waals surface area contributed by atoms with Gasteiger partial charge in [-0.1, -0.05) is 0 Å². The van der Waals surface area contributed by atoms with Crippen LogP contribution in [0.2, 0.25) is 0 Å². The first-order valence-corrected chi connectivity index (χ1v) is 9.96. The first-order valence-electron chi connectivity index (χ1n) is 9.96. The highest BCUT2D eigenvalue weighted by molar-refractivity contribution is 5.81. The molecular weight excluding hydrogens is 348 g/mol. The molecule has 1 N–H and O–H groups in total. The van der Waals surface area contributed by atoms with E-state index in [1.54, 1.807) is 4.68 Å². The largest absolute Gasteiger partial charge is 0.480 e. The Morgan fingerprint density at radius 1 is 1.22 bits per heavy atom. The van der Waals surface area contributed by atoms with E-state index < -0.39 is 12.0 Å². The number of carboxylic acid groups (broad SMARTS) is 1. The molecule has 1 saturated carbocycles. The number of likely N-dealkylation sites (tertiary alicyclic amines) is 2. The van der Waals surface area contributed by atoms with E-state index in [2.05, 4.69) is 20.4 Å². The van der Waals surface area contributed by atoms with Crippen LogP contribution >= 0.6 is 0 Å². The molecule has 27 heavy (non-hydrogen) atoms. The van der Waals surface area contributed by atoms with Crippen molar-refractivity contribution in [1.82, 2.24) is 30.0 Å². The normalized spacial score (nSPS) is 25.2. The fraction of sp³-hybridized carbons (Fsp3) is 0.833. The van der Waals surface area contributed by atoms with E-state index in [0.29, 0.717) is 18.9 Å². The van der Waals surface area contributed by atoms with Gasteiger partial charge in [-0.3, -0.25) is 14.5 Å². The summed E-state index contributed by atoms with van der Waals surface area (Å²) < 4.78 is 1.75. The van der Waals surface area contributed by atoms with Gasteiger partial charge >= 0.3 is 5.97 Å². The molecule has 1 aromatic rings. The second-order valence-corrected chi connectivity index (χ2v) is 8.43. The lowest BCUT2D eigenvalue weighted by atomic mass is 9.76. The maximum atomic E-state index is 12.3. The number of piperidine rings is 1. The van der Waals surface area contributed by atoms with E-state index >= 15 is 0 Å². The Morgan fingerprint density at radius 3 is 2.56 bits per heavy atom. The summed E-state index contributed by atoms with van der Waals surface area (Å²) in [6.07, 6.45) is 5.41. The number of amides is 1. The molecule has 2 aliphatic heterocycles. The van der Waals surface area contributed by atoms with Crippen LogP contribution in [0, 0.1) is 18.3 Å². The second-order valence-electron chi connectivity index (χ2n) is 8.43. The molecule has 3 heterocycles. The zero-order chi connectivity index (χ0) is 19.0. The van der Waals surface area contributed by atoms with Crippen molar-refractivity contribution < 1.29 is 14.7 Å². The van der Waals surface area contributed by atoms with Crippen molar-refractivity contribution in [2.75, 3.05) is 26.2 Å². The quantitative estimate of drug-likeness (QED) is 0.773. The molecule has 1 aromatic heterocycles. The minimum atomic E-state index is -0.734. The fourth-order valence-electron chi connectivity index (χ4n) is 4.65. The topological polar surface area (TPSA) is 104 Å². The van der Waals surface area contributed by atoms with Gasteiger partial charge in [0.1, 0.15) is 11.9 Å². The van der Waals surface area contributed by atoms with Crippen molar-refractivity contribution >= 4 is 11.9 Å². The molecule has 1 spiro atoms. The number of aromatic nitrogens is 4. The standard InChI is InChI=1S/C18H28N6O3/c1-13-19-20-21-24(13)8-2-7-23-12-18(11-15(23)17(26)27)5-9-22(10-6-18)16(25)14-3-4-14/h14-15H,2-12H2,1H3,(H,26,27)/t15-/m0/s1. The van der Waals surface area contributed by atoms with Gasteiger partial charge in [0, 0.05) is 38.6 Å². The molecule has 0 bridgehead atoms. The monoisotopic (exact) mass is 376 g/mol. The van der Waals surface area contributed by atoms with Crippen molar-refractivity contribution in [3.05, 3.63) is 5.82 Å². The number of aliphatic carboxylic acids is 1. The smallest absolute Gasteiger partial charge is 0.320 e. The van der Waals surface area contributed by atoms with E-state index in [1.807, 2.05) is 11.8 Å². The summed E-state index contributed by atoms with van der Waals surface area (Å²) in [6, 6.07) is -0.425. The van der Waals surface area contributed by atoms with Crippen LogP contribution < -0.4 is 0 Å². The summed E-state index contributed by atoms with van der Waals surface area (Å²) in [7, 11) is 0. The van der Waals surface area contributed by atoms with Gasteiger partial charge in [-0.25, -0.2) is 4.68 Å². The van der Waals surface area contributed by atoms with Gasteiger partial charge in [-0.05, 0) is 61.3 Å². The van der Waals surface area contributed by atoms with Crippen molar-refractivity contribution in [3.63, 3.8) is 0 Å². The molecule has 4 rings (SSSR count). The summed E-state index contributed by atoms with van der Waals surface area (Å²) in [4.78, 5) is 28.2.